The van der Waals surface area contributed by atoms with Crippen molar-refractivity contribution in [2.45, 2.75) is 25.3 Å². The van der Waals surface area contributed by atoms with Gasteiger partial charge in [0.25, 0.3) is 11.8 Å². The summed E-state index contributed by atoms with van der Waals surface area (Å²) in [5, 5.41) is 0.775. The molecule has 0 bridgehead atoms. The number of methoxy groups -OCH3 is 1. The van der Waals surface area contributed by atoms with Crippen molar-refractivity contribution in [2.75, 3.05) is 46.7 Å². The Hall–Kier alpha value is -3.17. The van der Waals surface area contributed by atoms with E-state index in [1.165, 1.54) is 16.2 Å². The van der Waals surface area contributed by atoms with Crippen LogP contribution in [0.1, 0.15) is 51.0 Å². The monoisotopic (exact) mass is 482 g/mol. The number of piperidine rings is 1. The quantitative estimate of drug-likeness (QED) is 0.512. The van der Waals surface area contributed by atoms with E-state index < -0.39 is 0 Å². The van der Waals surface area contributed by atoms with E-state index in [1.807, 2.05) is 29.2 Å². The average molecular weight is 483 g/mol. The van der Waals surface area contributed by atoms with Gasteiger partial charge < -0.3 is 25.0 Å². The van der Waals surface area contributed by atoms with Crippen molar-refractivity contribution >= 4 is 39.1 Å². The Balaban J connectivity index is 1.58. The normalized spacial score (nSPS) is 16.0. The van der Waals surface area contributed by atoms with Crippen molar-refractivity contribution < 1.29 is 19.1 Å². The molecule has 2 aromatic heterocycles. The molecule has 4 rings (SSSR count). The molecular formula is C25H30N4O4S. The predicted molar refractivity (Wildman–Crippen MR) is 133 cm³/mol. The van der Waals surface area contributed by atoms with Crippen LogP contribution in [-0.2, 0) is 4.74 Å². The first-order chi connectivity index (χ1) is 16.4. The molecule has 180 valence electrons. The van der Waals surface area contributed by atoms with Crippen molar-refractivity contribution in [1.29, 1.82) is 0 Å². The van der Waals surface area contributed by atoms with Crippen LogP contribution in [0.15, 0.2) is 36.4 Å². The summed E-state index contributed by atoms with van der Waals surface area (Å²) in [6.07, 6.45) is 2.82. The number of hydrogen-bond acceptors (Lipinski definition) is 7. The maximum absolute atomic E-state index is 13.4. The summed E-state index contributed by atoms with van der Waals surface area (Å²) in [6, 6.07) is 10.9. The van der Waals surface area contributed by atoms with Crippen molar-refractivity contribution in [1.82, 2.24) is 14.8 Å². The maximum atomic E-state index is 13.4. The summed E-state index contributed by atoms with van der Waals surface area (Å²) >= 11 is 1.30. The molecule has 9 heteroatoms. The number of nitrogens with zero attached hydrogens (tertiary/aromatic N) is 3. The van der Waals surface area contributed by atoms with Crippen molar-refractivity contribution in [2.24, 2.45) is 0 Å². The second kappa shape index (κ2) is 10.4. The Kier molecular flexibility index (Phi) is 7.33. The topological polar surface area (TPSA) is 98.0 Å². The highest BCUT2D eigenvalue weighted by Crippen LogP contribution is 2.37. The number of carbonyl (C=O) groups excluding carboxylic acids is 2. The van der Waals surface area contributed by atoms with E-state index in [0.29, 0.717) is 41.6 Å². The van der Waals surface area contributed by atoms with Gasteiger partial charge in [-0.1, -0.05) is 0 Å². The average Bonchev–Trinajstić information content (AvgIpc) is 3.19. The van der Waals surface area contributed by atoms with Gasteiger partial charge in [0.05, 0.1) is 24.0 Å². The molecule has 2 N–H and O–H groups in total. The number of nitrogens with two attached hydrogens (primary N) is 1. The number of rotatable bonds is 7. The van der Waals surface area contributed by atoms with Crippen LogP contribution in [0.4, 0.5) is 5.69 Å². The Labute approximate surface area is 203 Å². The molecule has 1 saturated heterocycles. The number of likely N-dealkylation sites (tertiary alicyclic amines) is 1. The van der Waals surface area contributed by atoms with Crippen molar-refractivity contribution in [3.8, 4) is 5.75 Å². The molecule has 1 atom stereocenters. The Morgan fingerprint density at radius 3 is 2.62 bits per heavy atom. The minimum absolute atomic E-state index is 0.0239. The summed E-state index contributed by atoms with van der Waals surface area (Å²) in [7, 11) is 5.03. The molecule has 0 saturated carbocycles. The highest BCUT2D eigenvalue weighted by Gasteiger charge is 2.30. The number of pyridine rings is 1. The number of benzene rings is 1. The van der Waals surface area contributed by atoms with Gasteiger partial charge in [-0.15, -0.1) is 11.3 Å². The molecule has 1 fully saturated rings. The molecule has 1 aromatic carbocycles. The lowest BCUT2D eigenvalue weighted by molar-refractivity contribution is 0.0606. The lowest BCUT2D eigenvalue weighted by atomic mass is 9.97. The molecule has 3 aromatic rings. The highest BCUT2D eigenvalue weighted by molar-refractivity contribution is 7.21. The molecule has 1 unspecified atom stereocenters. The van der Waals surface area contributed by atoms with Gasteiger partial charge in [-0.2, -0.15) is 0 Å². The maximum Gasteiger partial charge on any atom is 0.265 e. The number of amides is 2. The fourth-order valence-corrected chi connectivity index (χ4v) is 5.27. The number of anilines is 1. The van der Waals surface area contributed by atoms with E-state index >= 15 is 0 Å². The van der Waals surface area contributed by atoms with Crippen LogP contribution in [0.3, 0.4) is 0 Å². The van der Waals surface area contributed by atoms with E-state index in [-0.39, 0.29) is 17.9 Å². The first kappa shape index (κ1) is 24.0. The van der Waals surface area contributed by atoms with Gasteiger partial charge in [-0.25, -0.2) is 4.98 Å². The van der Waals surface area contributed by atoms with E-state index in [9.17, 15) is 9.59 Å². The van der Waals surface area contributed by atoms with Crippen LogP contribution in [0.5, 0.6) is 5.75 Å². The van der Waals surface area contributed by atoms with Crippen LogP contribution < -0.4 is 10.5 Å². The molecule has 2 amide bonds. The van der Waals surface area contributed by atoms with E-state index in [4.69, 9.17) is 20.2 Å². The summed E-state index contributed by atoms with van der Waals surface area (Å²) in [5.41, 5.74) is 8.15. The van der Waals surface area contributed by atoms with E-state index in [1.54, 1.807) is 33.3 Å². The summed E-state index contributed by atoms with van der Waals surface area (Å²) in [4.78, 5) is 35.4. The number of hydrogen-bond donors (Lipinski definition) is 1. The van der Waals surface area contributed by atoms with Crippen molar-refractivity contribution in [3.05, 3.63) is 52.5 Å². The number of ether oxygens (including phenoxy) is 2. The first-order valence-electron chi connectivity index (χ1n) is 11.3. The predicted octanol–water partition coefficient (Wildman–Crippen LogP) is 3.97. The van der Waals surface area contributed by atoms with Gasteiger partial charge in [-0.3, -0.25) is 9.59 Å². The Morgan fingerprint density at radius 2 is 1.91 bits per heavy atom. The first-order valence-corrected chi connectivity index (χ1v) is 12.2. The minimum atomic E-state index is -0.133. The zero-order chi connectivity index (χ0) is 24.2. The second-order valence-electron chi connectivity index (χ2n) is 8.51. The molecule has 0 radical (unpaired) electrons. The second-order valence-corrected chi connectivity index (χ2v) is 9.51. The molecule has 0 aliphatic carbocycles. The summed E-state index contributed by atoms with van der Waals surface area (Å²) in [6.45, 7) is 1.64. The third-order valence-electron chi connectivity index (χ3n) is 5.98. The minimum Gasteiger partial charge on any atom is -0.491 e. The molecule has 8 nitrogen and oxygen atoms in total. The van der Waals surface area contributed by atoms with Gasteiger partial charge in [0, 0.05) is 38.7 Å². The SMILES string of the molecule is COCCOc1ccc(C(=O)N2CCCCC2c2ccc3c(N)c(C(=O)N(C)C)sc3n2)cc1. The molecule has 1 aliphatic rings. The van der Waals surface area contributed by atoms with Gasteiger partial charge in [0.1, 0.15) is 22.1 Å². The van der Waals surface area contributed by atoms with Gasteiger partial charge in [-0.05, 0) is 55.7 Å². The van der Waals surface area contributed by atoms with Gasteiger partial charge in [0.15, 0.2) is 0 Å². The number of thiophene rings is 1. The summed E-state index contributed by atoms with van der Waals surface area (Å²) < 4.78 is 10.6. The van der Waals surface area contributed by atoms with Crippen molar-refractivity contribution in [3.63, 3.8) is 0 Å². The van der Waals surface area contributed by atoms with Gasteiger partial charge in [0.2, 0.25) is 0 Å². The number of aromatic nitrogens is 1. The molecule has 3 heterocycles. The Bertz CT molecular complexity index is 1180. The lowest BCUT2D eigenvalue weighted by Crippen LogP contribution is -2.38. The smallest absolute Gasteiger partial charge is 0.265 e. The molecular weight excluding hydrogens is 452 g/mol. The van der Waals surface area contributed by atoms with Crippen LogP contribution in [0, 0.1) is 0 Å². The summed E-state index contributed by atoms with van der Waals surface area (Å²) in [5.74, 6) is 0.546. The zero-order valence-electron chi connectivity index (χ0n) is 19.7. The highest BCUT2D eigenvalue weighted by atomic mass is 32.1. The van der Waals surface area contributed by atoms with Crippen LogP contribution >= 0.6 is 11.3 Å². The lowest BCUT2D eigenvalue weighted by Gasteiger charge is -2.35. The third-order valence-corrected chi connectivity index (χ3v) is 7.08. The van der Waals surface area contributed by atoms with E-state index in [2.05, 4.69) is 0 Å². The number of carbonyl (C=O) groups is 2. The number of fused-ring (bicyclic) bond motifs is 1. The van der Waals surface area contributed by atoms with Gasteiger partial charge >= 0.3 is 0 Å². The largest absolute Gasteiger partial charge is 0.491 e. The fraction of sp³-hybridized carbons (Fsp3) is 0.400. The van der Waals surface area contributed by atoms with Crippen LogP contribution in [0.2, 0.25) is 0 Å². The molecule has 0 spiro atoms. The fourth-order valence-electron chi connectivity index (χ4n) is 4.14. The van der Waals surface area contributed by atoms with Crippen LogP contribution in [-0.4, -0.2) is 67.6 Å². The number of nitrogen functional groups attached to an aromatic ring is 1. The standard InChI is InChI=1S/C25H30N4O4S/c1-28(2)25(31)22-21(26)18-11-12-19(27-23(18)34-22)20-6-4-5-13-29(20)24(30)16-7-9-17(10-8-16)33-15-14-32-3/h7-12,20H,4-6,13-15,26H2,1-3H3. The van der Waals surface area contributed by atoms with E-state index in [0.717, 1.165) is 35.2 Å². The zero-order valence-corrected chi connectivity index (χ0v) is 20.6. The molecule has 34 heavy (non-hydrogen) atoms. The molecule has 1 aliphatic heterocycles. The van der Waals surface area contributed by atoms with Crippen LogP contribution in [0.25, 0.3) is 10.2 Å². The Morgan fingerprint density at radius 1 is 1.15 bits per heavy atom. The third kappa shape index (κ3) is 4.85.